The van der Waals surface area contributed by atoms with Crippen molar-refractivity contribution in [1.82, 2.24) is 9.55 Å². The number of pyridine rings is 1. The van der Waals surface area contributed by atoms with E-state index in [1.807, 2.05) is 24.3 Å². The summed E-state index contributed by atoms with van der Waals surface area (Å²) in [6.07, 6.45) is 5.58. The van der Waals surface area contributed by atoms with Crippen LogP contribution in [0.25, 0.3) is 10.9 Å². The number of benzene rings is 1. The fourth-order valence-corrected chi connectivity index (χ4v) is 2.36. The van der Waals surface area contributed by atoms with E-state index in [-0.39, 0.29) is 0 Å². The van der Waals surface area contributed by atoms with Gasteiger partial charge in [-0.15, -0.1) is 0 Å². The molecule has 1 aromatic carbocycles. The monoisotopic (exact) mass is 267 g/mol. The van der Waals surface area contributed by atoms with E-state index in [1.54, 1.807) is 12.4 Å². The normalized spacial score (nSPS) is 10.8. The van der Waals surface area contributed by atoms with Gasteiger partial charge in [-0.25, -0.2) is 0 Å². The van der Waals surface area contributed by atoms with Gasteiger partial charge in [-0.2, -0.15) is 0 Å². The number of hydrogen-bond donors (Lipinski definition) is 1. The summed E-state index contributed by atoms with van der Waals surface area (Å²) in [5.74, 6) is 0.778. The smallest absolute Gasteiger partial charge is 0.138 e. The molecule has 4 nitrogen and oxygen atoms in total. The predicted octanol–water partition coefficient (Wildman–Crippen LogP) is 3.22. The van der Waals surface area contributed by atoms with Crippen molar-refractivity contribution in [2.45, 2.75) is 20.1 Å². The van der Waals surface area contributed by atoms with Crippen LogP contribution in [0.5, 0.6) is 5.75 Å². The Balaban J connectivity index is 1.92. The highest BCUT2D eigenvalue weighted by atomic mass is 16.5. The van der Waals surface area contributed by atoms with Crippen molar-refractivity contribution in [2.75, 3.05) is 5.73 Å². The Morgan fingerprint density at radius 3 is 2.95 bits per heavy atom. The van der Waals surface area contributed by atoms with Gasteiger partial charge in [0.1, 0.15) is 12.4 Å². The predicted molar refractivity (Wildman–Crippen MR) is 80.6 cm³/mol. The molecule has 0 aliphatic rings. The topological polar surface area (TPSA) is 53.1 Å². The molecule has 3 rings (SSSR count). The molecular formula is C16H17N3O. The van der Waals surface area contributed by atoms with Gasteiger partial charge in [0.15, 0.2) is 0 Å². The van der Waals surface area contributed by atoms with E-state index < -0.39 is 0 Å². The molecule has 2 aromatic heterocycles. The molecule has 0 aliphatic carbocycles. The number of aryl methyl sites for hydroxylation is 1. The highest BCUT2D eigenvalue weighted by Crippen LogP contribution is 2.25. The molecule has 20 heavy (non-hydrogen) atoms. The Hall–Kier alpha value is -2.49. The van der Waals surface area contributed by atoms with Crippen LogP contribution < -0.4 is 10.5 Å². The van der Waals surface area contributed by atoms with Crippen LogP contribution in [0.4, 0.5) is 5.69 Å². The van der Waals surface area contributed by atoms with Gasteiger partial charge in [0.05, 0.1) is 11.7 Å². The van der Waals surface area contributed by atoms with E-state index in [2.05, 4.69) is 28.7 Å². The van der Waals surface area contributed by atoms with Gasteiger partial charge in [-0.1, -0.05) is 6.07 Å². The van der Waals surface area contributed by atoms with Gasteiger partial charge in [-0.05, 0) is 31.2 Å². The van der Waals surface area contributed by atoms with Crippen LogP contribution in [0.15, 0.2) is 48.9 Å². The van der Waals surface area contributed by atoms with E-state index in [9.17, 15) is 0 Å². The molecule has 0 atom stereocenters. The van der Waals surface area contributed by atoms with Crippen molar-refractivity contribution in [3.63, 3.8) is 0 Å². The van der Waals surface area contributed by atoms with Crippen LogP contribution in [0.2, 0.25) is 0 Å². The van der Waals surface area contributed by atoms with E-state index in [1.165, 1.54) is 5.39 Å². The molecule has 2 N–H and O–H groups in total. The fourth-order valence-electron chi connectivity index (χ4n) is 2.36. The number of rotatable bonds is 4. The number of nitrogens with two attached hydrogens (primary N) is 1. The first kappa shape index (κ1) is 12.5. The number of hydrogen-bond acceptors (Lipinski definition) is 3. The third-order valence-corrected chi connectivity index (χ3v) is 3.36. The number of anilines is 1. The highest BCUT2D eigenvalue weighted by Gasteiger charge is 2.08. The van der Waals surface area contributed by atoms with Crippen LogP contribution in [0.3, 0.4) is 0 Å². The van der Waals surface area contributed by atoms with Gasteiger partial charge in [0, 0.05) is 35.6 Å². The van der Waals surface area contributed by atoms with E-state index in [4.69, 9.17) is 10.5 Å². The number of nitrogens with zero attached hydrogens (tertiary/aromatic N) is 2. The van der Waals surface area contributed by atoms with Gasteiger partial charge in [-0.3, -0.25) is 4.98 Å². The van der Waals surface area contributed by atoms with Crippen LogP contribution in [0, 0.1) is 0 Å². The maximum Gasteiger partial charge on any atom is 0.138 e. The Morgan fingerprint density at radius 1 is 1.30 bits per heavy atom. The van der Waals surface area contributed by atoms with Gasteiger partial charge < -0.3 is 15.0 Å². The average Bonchev–Trinajstić information content (AvgIpc) is 2.83. The third-order valence-electron chi connectivity index (χ3n) is 3.36. The minimum Gasteiger partial charge on any atom is -0.487 e. The van der Waals surface area contributed by atoms with E-state index in [0.29, 0.717) is 6.61 Å². The average molecular weight is 267 g/mol. The zero-order valence-electron chi connectivity index (χ0n) is 11.4. The molecule has 0 amide bonds. The van der Waals surface area contributed by atoms with Crippen LogP contribution in [-0.4, -0.2) is 9.55 Å². The van der Waals surface area contributed by atoms with Crippen molar-refractivity contribution in [3.05, 3.63) is 54.5 Å². The first-order chi connectivity index (χ1) is 9.78. The molecule has 0 aliphatic heterocycles. The van der Waals surface area contributed by atoms with Crippen molar-refractivity contribution in [2.24, 2.45) is 0 Å². The Bertz CT molecular complexity index is 719. The fraction of sp³-hybridized carbons (Fsp3) is 0.188. The van der Waals surface area contributed by atoms with E-state index >= 15 is 0 Å². The molecule has 0 saturated carbocycles. The molecular weight excluding hydrogens is 250 g/mol. The van der Waals surface area contributed by atoms with Crippen molar-refractivity contribution >= 4 is 16.6 Å². The number of ether oxygens (including phenoxy) is 1. The molecule has 4 heteroatoms. The molecule has 0 fully saturated rings. The lowest BCUT2D eigenvalue weighted by atomic mass is 10.2. The lowest BCUT2D eigenvalue weighted by Crippen LogP contribution is -1.95. The number of nitrogen functional groups attached to an aromatic ring is 1. The Kier molecular flexibility index (Phi) is 3.29. The number of fused-ring (bicyclic) bond motifs is 1. The van der Waals surface area contributed by atoms with Gasteiger partial charge in [0.2, 0.25) is 0 Å². The van der Waals surface area contributed by atoms with Crippen LogP contribution in [0.1, 0.15) is 12.5 Å². The molecule has 0 spiro atoms. The largest absolute Gasteiger partial charge is 0.487 e. The highest BCUT2D eigenvalue weighted by molar-refractivity contribution is 5.86. The summed E-state index contributed by atoms with van der Waals surface area (Å²) in [5.41, 5.74) is 8.96. The first-order valence-electron chi connectivity index (χ1n) is 6.68. The quantitative estimate of drug-likeness (QED) is 0.738. The summed E-state index contributed by atoms with van der Waals surface area (Å²) < 4.78 is 7.97. The summed E-state index contributed by atoms with van der Waals surface area (Å²) >= 11 is 0. The standard InChI is InChI=1S/C16H17N3O/c1-2-19-10-12(11-20-14-4-3-7-18-9-14)15-6-5-13(17)8-16(15)19/h3-10H,2,11,17H2,1H3. The second-order valence-electron chi connectivity index (χ2n) is 4.69. The molecule has 3 aromatic rings. The summed E-state index contributed by atoms with van der Waals surface area (Å²) in [4.78, 5) is 4.05. The lowest BCUT2D eigenvalue weighted by molar-refractivity contribution is 0.306. The Morgan fingerprint density at radius 2 is 2.20 bits per heavy atom. The van der Waals surface area contributed by atoms with Crippen molar-refractivity contribution < 1.29 is 4.74 Å². The van der Waals surface area contributed by atoms with Gasteiger partial charge in [0.25, 0.3) is 0 Å². The first-order valence-corrected chi connectivity index (χ1v) is 6.68. The maximum absolute atomic E-state index is 5.87. The van der Waals surface area contributed by atoms with Crippen molar-refractivity contribution in [3.8, 4) is 5.75 Å². The minimum absolute atomic E-state index is 0.527. The van der Waals surface area contributed by atoms with Crippen LogP contribution >= 0.6 is 0 Å². The molecule has 102 valence electrons. The molecule has 2 heterocycles. The SMILES string of the molecule is CCn1cc(COc2cccnc2)c2ccc(N)cc21. The second kappa shape index (κ2) is 5.25. The summed E-state index contributed by atoms with van der Waals surface area (Å²) in [6, 6.07) is 9.76. The zero-order valence-corrected chi connectivity index (χ0v) is 11.4. The molecule has 0 bridgehead atoms. The summed E-state index contributed by atoms with van der Waals surface area (Å²) in [6.45, 7) is 3.56. The molecule has 0 radical (unpaired) electrons. The summed E-state index contributed by atoms with van der Waals surface area (Å²) in [5, 5.41) is 1.19. The molecule has 0 saturated heterocycles. The third kappa shape index (κ3) is 2.32. The van der Waals surface area contributed by atoms with Gasteiger partial charge >= 0.3 is 0 Å². The maximum atomic E-state index is 5.87. The molecule has 0 unspecified atom stereocenters. The van der Waals surface area contributed by atoms with E-state index in [0.717, 1.165) is 29.1 Å². The Labute approximate surface area is 117 Å². The van der Waals surface area contributed by atoms with Crippen molar-refractivity contribution in [1.29, 1.82) is 0 Å². The van der Waals surface area contributed by atoms with Crippen LogP contribution in [-0.2, 0) is 13.2 Å². The number of aromatic nitrogens is 2. The minimum atomic E-state index is 0.527. The zero-order chi connectivity index (χ0) is 13.9. The lowest BCUT2D eigenvalue weighted by Gasteiger charge is -2.04. The second-order valence-corrected chi connectivity index (χ2v) is 4.69. The summed E-state index contributed by atoms with van der Waals surface area (Å²) in [7, 11) is 0.